The molecule has 0 fully saturated rings. The fourth-order valence-corrected chi connectivity index (χ4v) is 1.36. The molecule has 0 radical (unpaired) electrons. The summed E-state index contributed by atoms with van der Waals surface area (Å²) in [5, 5.41) is 0.897. The number of hydrogen-bond acceptors (Lipinski definition) is 2. The number of benzene rings is 1. The Morgan fingerprint density at radius 2 is 1.86 bits per heavy atom. The number of ether oxygens (including phenoxy) is 1. The Morgan fingerprint density at radius 1 is 1.36 bits per heavy atom. The Kier molecular flexibility index (Phi) is 3.61. The van der Waals surface area contributed by atoms with E-state index >= 15 is 0 Å². The van der Waals surface area contributed by atoms with E-state index in [1.807, 2.05) is 0 Å². The Labute approximate surface area is 91.7 Å². The first-order valence-corrected chi connectivity index (χ1v) is 4.66. The summed E-state index contributed by atoms with van der Waals surface area (Å²) in [5.74, 6) is -0.116. The third-order valence-electron chi connectivity index (χ3n) is 1.55. The van der Waals surface area contributed by atoms with Crippen molar-refractivity contribution in [3.05, 3.63) is 28.2 Å². The molecule has 0 spiro atoms. The lowest BCUT2D eigenvalue weighted by molar-refractivity contribution is -0.123. The molecular formula is C9H9Cl2NO2. The molecule has 1 rings (SSSR count). The summed E-state index contributed by atoms with van der Waals surface area (Å²) < 4.78 is 5.19. The van der Waals surface area contributed by atoms with Gasteiger partial charge in [-0.2, -0.15) is 0 Å². The maximum atomic E-state index is 10.7. The standard InChI is InChI=1S/C9H9Cl2NO2/c1-5(9(12)13)14-8-3-6(10)2-7(11)4-8/h2-5H,1H3,(H2,12,13)/t5-/m0/s1. The van der Waals surface area contributed by atoms with E-state index in [2.05, 4.69) is 0 Å². The summed E-state index contributed by atoms with van der Waals surface area (Å²) in [6.07, 6.45) is -0.704. The van der Waals surface area contributed by atoms with Crippen molar-refractivity contribution >= 4 is 29.1 Å². The number of carbonyl (C=O) groups is 1. The maximum Gasteiger partial charge on any atom is 0.258 e. The zero-order valence-corrected chi connectivity index (χ0v) is 8.97. The molecule has 3 nitrogen and oxygen atoms in total. The average Bonchev–Trinajstić information content (AvgIpc) is 2.01. The van der Waals surface area contributed by atoms with Gasteiger partial charge < -0.3 is 10.5 Å². The maximum absolute atomic E-state index is 10.7. The van der Waals surface area contributed by atoms with Crippen LogP contribution in [-0.4, -0.2) is 12.0 Å². The first kappa shape index (κ1) is 11.1. The third-order valence-corrected chi connectivity index (χ3v) is 1.99. The number of rotatable bonds is 3. The lowest BCUT2D eigenvalue weighted by Crippen LogP contribution is -2.30. The first-order valence-electron chi connectivity index (χ1n) is 3.91. The van der Waals surface area contributed by atoms with Crippen LogP contribution in [0.1, 0.15) is 6.92 Å². The van der Waals surface area contributed by atoms with Crippen LogP contribution in [-0.2, 0) is 4.79 Å². The summed E-state index contributed by atoms with van der Waals surface area (Å²) in [5.41, 5.74) is 5.03. The number of hydrogen-bond donors (Lipinski definition) is 1. The van der Waals surface area contributed by atoms with Crippen LogP contribution < -0.4 is 10.5 Å². The van der Waals surface area contributed by atoms with Gasteiger partial charge in [0.1, 0.15) is 5.75 Å². The largest absolute Gasteiger partial charge is 0.481 e. The van der Waals surface area contributed by atoms with Crippen LogP contribution in [0.4, 0.5) is 0 Å². The Balaban J connectivity index is 2.81. The number of amides is 1. The highest BCUT2D eigenvalue weighted by Gasteiger charge is 2.10. The first-order chi connectivity index (χ1) is 6.49. The molecule has 1 aromatic rings. The summed E-state index contributed by atoms with van der Waals surface area (Å²) in [6.45, 7) is 1.55. The Morgan fingerprint density at radius 3 is 2.29 bits per heavy atom. The predicted octanol–water partition coefficient (Wildman–Crippen LogP) is 2.25. The smallest absolute Gasteiger partial charge is 0.258 e. The fraction of sp³-hybridized carbons (Fsp3) is 0.222. The monoisotopic (exact) mass is 233 g/mol. The van der Waals surface area contributed by atoms with Crippen LogP contribution in [0.5, 0.6) is 5.75 Å². The van der Waals surface area contributed by atoms with Crippen LogP contribution in [0.3, 0.4) is 0 Å². The molecule has 0 unspecified atom stereocenters. The van der Waals surface area contributed by atoms with Gasteiger partial charge in [-0.05, 0) is 25.1 Å². The fourth-order valence-electron chi connectivity index (χ4n) is 0.859. The Bertz CT molecular complexity index is 334. The zero-order chi connectivity index (χ0) is 10.7. The Hall–Kier alpha value is -0.930. The van der Waals surface area contributed by atoms with Gasteiger partial charge in [0.25, 0.3) is 5.91 Å². The summed E-state index contributed by atoms with van der Waals surface area (Å²) in [7, 11) is 0. The van der Waals surface area contributed by atoms with E-state index in [0.29, 0.717) is 15.8 Å². The van der Waals surface area contributed by atoms with Crippen molar-refractivity contribution in [2.45, 2.75) is 13.0 Å². The van der Waals surface area contributed by atoms with Gasteiger partial charge in [-0.25, -0.2) is 0 Å². The van der Waals surface area contributed by atoms with E-state index in [-0.39, 0.29) is 0 Å². The normalized spacial score (nSPS) is 12.2. The molecule has 0 aliphatic heterocycles. The van der Waals surface area contributed by atoms with Crippen molar-refractivity contribution < 1.29 is 9.53 Å². The molecule has 0 saturated carbocycles. The van der Waals surface area contributed by atoms with Crippen molar-refractivity contribution in [1.29, 1.82) is 0 Å². The number of nitrogens with two attached hydrogens (primary N) is 1. The molecule has 1 aromatic carbocycles. The third kappa shape index (κ3) is 3.09. The molecule has 1 atom stereocenters. The van der Waals surface area contributed by atoms with E-state index in [1.54, 1.807) is 25.1 Å². The van der Waals surface area contributed by atoms with Crippen molar-refractivity contribution in [3.63, 3.8) is 0 Å². The van der Waals surface area contributed by atoms with Crippen molar-refractivity contribution in [1.82, 2.24) is 0 Å². The van der Waals surface area contributed by atoms with Gasteiger partial charge >= 0.3 is 0 Å². The predicted molar refractivity (Wildman–Crippen MR) is 55.7 cm³/mol. The van der Waals surface area contributed by atoms with Crippen LogP contribution >= 0.6 is 23.2 Å². The number of carbonyl (C=O) groups excluding carboxylic acids is 1. The second kappa shape index (κ2) is 4.53. The molecule has 0 bridgehead atoms. The van der Waals surface area contributed by atoms with Gasteiger partial charge in [0.2, 0.25) is 0 Å². The highest BCUT2D eigenvalue weighted by molar-refractivity contribution is 6.34. The number of halogens is 2. The molecule has 14 heavy (non-hydrogen) atoms. The second-order valence-electron chi connectivity index (χ2n) is 2.77. The highest BCUT2D eigenvalue weighted by Crippen LogP contribution is 2.24. The second-order valence-corrected chi connectivity index (χ2v) is 3.64. The molecule has 76 valence electrons. The SMILES string of the molecule is C[C@H](Oc1cc(Cl)cc(Cl)c1)C(N)=O. The number of primary amides is 1. The zero-order valence-electron chi connectivity index (χ0n) is 7.46. The molecule has 0 saturated heterocycles. The molecule has 2 N–H and O–H groups in total. The van der Waals surface area contributed by atoms with Gasteiger partial charge in [-0.3, -0.25) is 4.79 Å². The minimum absolute atomic E-state index is 0.425. The summed E-state index contributed by atoms with van der Waals surface area (Å²) >= 11 is 11.5. The van der Waals surface area contributed by atoms with E-state index in [0.717, 1.165) is 0 Å². The van der Waals surface area contributed by atoms with Crippen LogP contribution in [0.2, 0.25) is 10.0 Å². The van der Waals surface area contributed by atoms with E-state index in [9.17, 15) is 4.79 Å². The van der Waals surface area contributed by atoms with Crippen molar-refractivity contribution in [3.8, 4) is 5.75 Å². The minimum Gasteiger partial charge on any atom is -0.481 e. The molecular weight excluding hydrogens is 225 g/mol. The summed E-state index contributed by atoms with van der Waals surface area (Å²) in [6, 6.07) is 4.70. The molecule has 0 heterocycles. The van der Waals surface area contributed by atoms with E-state index in [4.69, 9.17) is 33.7 Å². The highest BCUT2D eigenvalue weighted by atomic mass is 35.5. The lowest BCUT2D eigenvalue weighted by atomic mass is 10.3. The van der Waals surface area contributed by atoms with Crippen LogP contribution in [0.15, 0.2) is 18.2 Å². The van der Waals surface area contributed by atoms with Crippen LogP contribution in [0, 0.1) is 0 Å². The van der Waals surface area contributed by atoms with Crippen LogP contribution in [0.25, 0.3) is 0 Å². The van der Waals surface area contributed by atoms with Crippen molar-refractivity contribution in [2.75, 3.05) is 0 Å². The minimum atomic E-state index is -0.704. The summed E-state index contributed by atoms with van der Waals surface area (Å²) in [4.78, 5) is 10.7. The average molecular weight is 234 g/mol. The topological polar surface area (TPSA) is 52.3 Å². The molecule has 0 aliphatic rings. The van der Waals surface area contributed by atoms with Crippen molar-refractivity contribution in [2.24, 2.45) is 5.73 Å². The molecule has 1 amide bonds. The van der Waals surface area contributed by atoms with Gasteiger partial charge in [0, 0.05) is 10.0 Å². The van der Waals surface area contributed by atoms with Gasteiger partial charge in [-0.15, -0.1) is 0 Å². The quantitative estimate of drug-likeness (QED) is 0.871. The van der Waals surface area contributed by atoms with Gasteiger partial charge in [0.15, 0.2) is 6.10 Å². The molecule has 5 heteroatoms. The van der Waals surface area contributed by atoms with Gasteiger partial charge in [-0.1, -0.05) is 23.2 Å². The van der Waals surface area contributed by atoms with E-state index in [1.165, 1.54) is 0 Å². The lowest BCUT2D eigenvalue weighted by Gasteiger charge is -2.11. The molecule has 0 aliphatic carbocycles. The van der Waals surface area contributed by atoms with E-state index < -0.39 is 12.0 Å². The molecule has 0 aromatic heterocycles. The van der Waals surface area contributed by atoms with Gasteiger partial charge in [0.05, 0.1) is 0 Å².